The first kappa shape index (κ1) is 22.3. The third-order valence-corrected chi connectivity index (χ3v) is 6.28. The van der Waals surface area contributed by atoms with Gasteiger partial charge in [0.25, 0.3) is 11.5 Å². The number of nitrogens with zero attached hydrogens (tertiary/aromatic N) is 5. The van der Waals surface area contributed by atoms with Crippen LogP contribution in [0.25, 0.3) is 5.65 Å². The highest BCUT2D eigenvalue weighted by atomic mass is 19.1. The second-order valence-electron chi connectivity index (χ2n) is 8.59. The second kappa shape index (κ2) is 9.01. The quantitative estimate of drug-likeness (QED) is 0.458. The molecular formula is C22H26F2N8O2. The van der Waals surface area contributed by atoms with Gasteiger partial charge in [-0.15, -0.1) is 0 Å². The van der Waals surface area contributed by atoms with Crippen molar-refractivity contribution in [2.24, 2.45) is 0 Å². The Morgan fingerprint density at radius 3 is 2.91 bits per heavy atom. The number of nitrogens with one attached hydrogen (secondary N) is 3. The molecule has 1 aliphatic heterocycles. The average molecular weight is 473 g/mol. The Bertz CT molecular complexity index is 1280. The Morgan fingerprint density at radius 1 is 1.35 bits per heavy atom. The first-order chi connectivity index (χ1) is 16.5. The Hall–Kier alpha value is -3.54. The summed E-state index contributed by atoms with van der Waals surface area (Å²) in [6, 6.07) is 4.61. The molecule has 2 aliphatic rings. The molecule has 1 amide bonds. The van der Waals surface area contributed by atoms with Crippen LogP contribution in [-0.2, 0) is 0 Å². The van der Waals surface area contributed by atoms with E-state index in [0.717, 1.165) is 13.0 Å². The maximum absolute atomic E-state index is 13.2. The van der Waals surface area contributed by atoms with Gasteiger partial charge in [-0.1, -0.05) is 0 Å². The lowest BCUT2D eigenvalue weighted by Crippen LogP contribution is -2.29. The average Bonchev–Trinajstić information content (AvgIpc) is 3.18. The highest BCUT2D eigenvalue weighted by Gasteiger charge is 2.39. The summed E-state index contributed by atoms with van der Waals surface area (Å²) in [7, 11) is 1.71. The number of halogens is 2. The third kappa shape index (κ3) is 4.20. The van der Waals surface area contributed by atoms with Crippen LogP contribution in [0.5, 0.6) is 0 Å². The maximum Gasteiger partial charge on any atom is 0.274 e. The first-order valence-electron chi connectivity index (χ1n) is 11.3. The van der Waals surface area contributed by atoms with Gasteiger partial charge in [-0.25, -0.2) is 13.8 Å². The van der Waals surface area contributed by atoms with Crippen LogP contribution in [0.4, 0.5) is 26.1 Å². The van der Waals surface area contributed by atoms with Gasteiger partial charge in [0.05, 0.1) is 18.3 Å². The molecule has 0 aromatic carbocycles. The predicted octanol–water partition coefficient (Wildman–Crippen LogP) is 1.73. The normalized spacial score (nSPS) is 22.1. The van der Waals surface area contributed by atoms with Gasteiger partial charge in [-0.3, -0.25) is 14.5 Å². The number of carbonyl (C=O) groups excluding carboxylic acids is 1. The van der Waals surface area contributed by atoms with E-state index in [1.165, 1.54) is 10.7 Å². The summed E-state index contributed by atoms with van der Waals surface area (Å²) < 4.78 is 29.1. The standard InChI is InChI=1S/C22H26F2N8O2/c1-25-19-10-18(29-20-14(11-26-32(19)20)21(33)28-17-9-15(17)24)27-16-3-2-6-31(22(16)34)13-4-7-30(12-13)8-5-23/h2-3,6,10-11,13,15,17,25H,4-5,7-9,12H2,1H3,(H,27,29)(H,28,33)/t13-,15+,17-/m1/s1. The number of carbonyl (C=O) groups is 1. The zero-order valence-electron chi connectivity index (χ0n) is 18.7. The van der Waals surface area contributed by atoms with Crippen LogP contribution in [0.1, 0.15) is 29.2 Å². The molecule has 4 heterocycles. The molecule has 3 atom stereocenters. The lowest BCUT2D eigenvalue weighted by Gasteiger charge is -2.17. The van der Waals surface area contributed by atoms with E-state index < -0.39 is 24.8 Å². The highest BCUT2D eigenvalue weighted by molar-refractivity contribution is 6.00. The number of alkyl halides is 2. The summed E-state index contributed by atoms with van der Waals surface area (Å²) in [5.74, 6) is 0.449. The van der Waals surface area contributed by atoms with Crippen LogP contribution >= 0.6 is 0 Å². The molecule has 1 saturated carbocycles. The third-order valence-electron chi connectivity index (χ3n) is 6.28. The molecular weight excluding hydrogens is 446 g/mol. The number of rotatable bonds is 8. The second-order valence-corrected chi connectivity index (χ2v) is 8.59. The van der Waals surface area contributed by atoms with Crippen LogP contribution < -0.4 is 21.5 Å². The van der Waals surface area contributed by atoms with Crippen LogP contribution in [0, 0.1) is 0 Å². The zero-order valence-corrected chi connectivity index (χ0v) is 18.7. The fraction of sp³-hybridized carbons (Fsp3) is 0.455. The molecule has 10 nitrogen and oxygen atoms in total. The SMILES string of the molecule is CNc1cc(Nc2cccn([C@@H]3CCN(CCF)C3)c2=O)nc2c(C(=O)N[C@@H]3C[C@@H]3F)cnn12. The van der Waals surface area contributed by atoms with Crippen LogP contribution in [-0.4, -0.2) is 75.5 Å². The molecule has 5 rings (SSSR count). The Labute approximate surface area is 194 Å². The lowest BCUT2D eigenvalue weighted by molar-refractivity contribution is 0.0949. The minimum atomic E-state index is -1.02. The monoisotopic (exact) mass is 472 g/mol. The summed E-state index contributed by atoms with van der Waals surface area (Å²) in [6.07, 6.45) is 3.18. The van der Waals surface area contributed by atoms with Gasteiger partial charge in [0.2, 0.25) is 0 Å². The number of likely N-dealkylation sites (tertiary alicyclic amines) is 1. The topological polar surface area (TPSA) is 109 Å². The molecule has 1 saturated heterocycles. The molecule has 3 N–H and O–H groups in total. The van der Waals surface area contributed by atoms with Crippen molar-refractivity contribution in [1.82, 2.24) is 29.4 Å². The molecule has 0 spiro atoms. The van der Waals surface area contributed by atoms with Crippen molar-refractivity contribution in [2.75, 3.05) is 44.0 Å². The minimum absolute atomic E-state index is 0.0315. The first-order valence-corrected chi connectivity index (χ1v) is 11.3. The summed E-state index contributed by atoms with van der Waals surface area (Å²) in [5, 5.41) is 12.9. The molecule has 0 bridgehead atoms. The van der Waals surface area contributed by atoms with Crippen molar-refractivity contribution in [3.63, 3.8) is 0 Å². The van der Waals surface area contributed by atoms with E-state index in [0.29, 0.717) is 36.8 Å². The molecule has 12 heteroatoms. The Balaban J connectivity index is 1.43. The maximum atomic E-state index is 13.2. The van der Waals surface area contributed by atoms with Gasteiger partial charge < -0.3 is 20.5 Å². The van der Waals surface area contributed by atoms with Gasteiger partial charge in [0.1, 0.15) is 35.7 Å². The minimum Gasteiger partial charge on any atom is -0.373 e. The van der Waals surface area contributed by atoms with E-state index in [4.69, 9.17) is 0 Å². The van der Waals surface area contributed by atoms with E-state index in [9.17, 15) is 18.4 Å². The smallest absolute Gasteiger partial charge is 0.274 e. The van der Waals surface area contributed by atoms with Gasteiger partial charge in [-0.05, 0) is 18.6 Å². The van der Waals surface area contributed by atoms with E-state index in [2.05, 4.69) is 26.0 Å². The number of hydrogen-bond acceptors (Lipinski definition) is 7. The summed E-state index contributed by atoms with van der Waals surface area (Å²) in [6.45, 7) is 1.33. The fourth-order valence-electron chi connectivity index (χ4n) is 4.32. The molecule has 0 radical (unpaired) electrons. The van der Waals surface area contributed by atoms with Crippen LogP contribution in [0.3, 0.4) is 0 Å². The van der Waals surface area contributed by atoms with Crippen molar-refractivity contribution in [3.05, 3.63) is 46.5 Å². The number of amides is 1. The Kier molecular flexibility index (Phi) is 5.90. The van der Waals surface area contributed by atoms with Crippen LogP contribution in [0.15, 0.2) is 35.4 Å². The number of aromatic nitrogens is 4. The molecule has 180 valence electrons. The molecule has 34 heavy (non-hydrogen) atoms. The van der Waals surface area contributed by atoms with Gasteiger partial charge in [0.15, 0.2) is 5.65 Å². The van der Waals surface area contributed by atoms with Crippen molar-refractivity contribution in [2.45, 2.75) is 31.1 Å². The van der Waals surface area contributed by atoms with Crippen molar-refractivity contribution in [3.8, 4) is 0 Å². The number of pyridine rings is 1. The molecule has 3 aromatic rings. The lowest BCUT2D eigenvalue weighted by atomic mass is 10.2. The molecule has 2 fully saturated rings. The van der Waals surface area contributed by atoms with Crippen molar-refractivity contribution < 1.29 is 13.6 Å². The molecule has 3 aromatic heterocycles. The van der Waals surface area contributed by atoms with Gasteiger partial charge in [-0.2, -0.15) is 9.61 Å². The van der Waals surface area contributed by atoms with Crippen molar-refractivity contribution >= 4 is 28.9 Å². The number of anilines is 3. The van der Waals surface area contributed by atoms with Gasteiger partial charge >= 0.3 is 0 Å². The van der Waals surface area contributed by atoms with E-state index >= 15 is 0 Å². The highest BCUT2D eigenvalue weighted by Crippen LogP contribution is 2.26. The largest absolute Gasteiger partial charge is 0.373 e. The van der Waals surface area contributed by atoms with Crippen molar-refractivity contribution in [1.29, 1.82) is 0 Å². The molecule has 1 aliphatic carbocycles. The zero-order chi connectivity index (χ0) is 23.8. The summed E-state index contributed by atoms with van der Waals surface area (Å²) >= 11 is 0. The van der Waals surface area contributed by atoms with E-state index in [-0.39, 0.29) is 22.8 Å². The summed E-state index contributed by atoms with van der Waals surface area (Å²) in [5.41, 5.74) is 0.603. The van der Waals surface area contributed by atoms with E-state index in [1.807, 2.05) is 4.90 Å². The van der Waals surface area contributed by atoms with Crippen LogP contribution in [0.2, 0.25) is 0 Å². The molecule has 0 unspecified atom stereocenters. The van der Waals surface area contributed by atoms with Gasteiger partial charge in [0, 0.05) is 45.4 Å². The predicted molar refractivity (Wildman–Crippen MR) is 123 cm³/mol. The fourth-order valence-corrected chi connectivity index (χ4v) is 4.32. The summed E-state index contributed by atoms with van der Waals surface area (Å²) in [4.78, 5) is 32.3. The number of hydrogen-bond donors (Lipinski definition) is 3. The van der Waals surface area contributed by atoms with E-state index in [1.54, 1.807) is 36.0 Å². The number of fused-ring (bicyclic) bond motifs is 1. The Morgan fingerprint density at radius 2 is 2.18 bits per heavy atom.